The molecule has 0 amide bonds. The van der Waals surface area contributed by atoms with Gasteiger partial charge in [0.1, 0.15) is 0 Å². The minimum Gasteiger partial charge on any atom is -0.356 e. The van der Waals surface area contributed by atoms with E-state index in [1.807, 2.05) is 0 Å². The molecule has 0 saturated heterocycles. The van der Waals surface area contributed by atoms with E-state index in [2.05, 4.69) is 20.5 Å². The van der Waals surface area contributed by atoms with E-state index in [-0.39, 0.29) is 0 Å². The van der Waals surface area contributed by atoms with E-state index in [0.29, 0.717) is 0 Å². The van der Waals surface area contributed by atoms with Gasteiger partial charge < -0.3 is 10.2 Å². The fraction of sp³-hybridized carbons (Fsp3) is 0.400. The Balaban J connectivity index is 2.43. The molecule has 0 unspecified atom stereocenters. The lowest BCUT2D eigenvalue weighted by Gasteiger charge is -2.26. The summed E-state index contributed by atoms with van der Waals surface area (Å²) in [6.45, 7) is 0. The summed E-state index contributed by atoms with van der Waals surface area (Å²) < 4.78 is 0. The van der Waals surface area contributed by atoms with Crippen molar-refractivity contribution in [3.63, 3.8) is 0 Å². The van der Waals surface area contributed by atoms with Gasteiger partial charge in [-0.15, -0.1) is 0 Å². The van der Waals surface area contributed by atoms with Crippen molar-refractivity contribution in [2.45, 2.75) is 11.6 Å². The maximum atomic E-state index is 9.26. The lowest BCUT2D eigenvalue weighted by molar-refractivity contribution is -0.144. The summed E-state index contributed by atoms with van der Waals surface area (Å²) in [6.07, 6.45) is 3.71. The number of hydrazone groups is 1. The Morgan fingerprint density at radius 1 is 1.18 bits per heavy atom. The zero-order valence-corrected chi connectivity index (χ0v) is 5.47. The molecule has 0 saturated carbocycles. The van der Waals surface area contributed by atoms with Gasteiger partial charge in [-0.3, -0.25) is 5.43 Å². The van der Waals surface area contributed by atoms with Crippen molar-refractivity contribution in [1.82, 2.24) is 5.43 Å². The van der Waals surface area contributed by atoms with Gasteiger partial charge in [-0.05, 0) is 0 Å². The van der Waals surface area contributed by atoms with Crippen molar-refractivity contribution in [3.05, 3.63) is 0 Å². The van der Waals surface area contributed by atoms with Crippen molar-refractivity contribution in [2.75, 3.05) is 0 Å². The monoisotopic (exact) mass is 154 g/mol. The summed E-state index contributed by atoms with van der Waals surface area (Å²) in [5.41, 5.74) is 2.40. The maximum Gasteiger partial charge on any atom is 0.301 e. The molecule has 3 N–H and O–H groups in total. The van der Waals surface area contributed by atoms with E-state index in [1.54, 1.807) is 0 Å². The highest BCUT2D eigenvalue weighted by atomic mass is 16.5. The van der Waals surface area contributed by atoms with Gasteiger partial charge in [0, 0.05) is 12.4 Å². The van der Waals surface area contributed by atoms with Crippen LogP contribution in [0.15, 0.2) is 15.1 Å². The molecule has 1 spiro atoms. The first-order chi connectivity index (χ1) is 5.16. The largest absolute Gasteiger partial charge is 0.356 e. The number of rotatable bonds is 0. The molecule has 2 rings (SSSR count). The van der Waals surface area contributed by atoms with Crippen LogP contribution >= 0.6 is 0 Å². The van der Waals surface area contributed by atoms with Crippen molar-refractivity contribution >= 4 is 18.6 Å². The highest BCUT2D eigenvalue weighted by Crippen LogP contribution is 2.26. The smallest absolute Gasteiger partial charge is 0.301 e. The fourth-order valence-corrected chi connectivity index (χ4v) is 0.948. The molecule has 0 atom stereocenters. The number of hydrogen-bond acceptors (Lipinski definition) is 6. The van der Waals surface area contributed by atoms with Crippen LogP contribution in [0.4, 0.5) is 0 Å². The van der Waals surface area contributed by atoms with Crippen molar-refractivity contribution in [3.8, 4) is 0 Å². The number of aliphatic hydroxyl groups is 2. The second kappa shape index (κ2) is 1.66. The van der Waals surface area contributed by atoms with Gasteiger partial charge in [0.25, 0.3) is 5.79 Å². The van der Waals surface area contributed by atoms with E-state index in [9.17, 15) is 10.2 Å². The van der Waals surface area contributed by atoms with Gasteiger partial charge >= 0.3 is 5.79 Å². The van der Waals surface area contributed by atoms with Crippen molar-refractivity contribution in [2.24, 2.45) is 15.1 Å². The number of hydrogen-bond donors (Lipinski definition) is 3. The molecular weight excluding hydrogens is 148 g/mol. The average Bonchev–Trinajstić information content (AvgIpc) is 2.45. The first kappa shape index (κ1) is 6.44. The van der Waals surface area contributed by atoms with E-state index in [1.165, 1.54) is 12.4 Å². The van der Waals surface area contributed by atoms with E-state index in [4.69, 9.17) is 0 Å². The molecule has 6 nitrogen and oxygen atoms in total. The maximum absolute atomic E-state index is 9.26. The molecule has 0 aromatic carbocycles. The van der Waals surface area contributed by atoms with Crippen LogP contribution in [0.1, 0.15) is 0 Å². The van der Waals surface area contributed by atoms with Crippen LogP contribution in [-0.2, 0) is 0 Å². The summed E-state index contributed by atoms with van der Waals surface area (Å²) in [7, 11) is 0. The molecule has 2 heterocycles. The van der Waals surface area contributed by atoms with Crippen LogP contribution < -0.4 is 5.43 Å². The lowest BCUT2D eigenvalue weighted by atomic mass is 10.2. The highest BCUT2D eigenvalue weighted by Gasteiger charge is 2.53. The summed E-state index contributed by atoms with van der Waals surface area (Å²) in [5, 5.41) is 22.0. The Morgan fingerprint density at radius 3 is 2.27 bits per heavy atom. The highest BCUT2D eigenvalue weighted by molar-refractivity contribution is 6.18. The Labute approximate surface area is 62.0 Å². The number of nitrogens with zero attached hydrogens (tertiary/aromatic N) is 3. The zero-order chi connectivity index (χ0) is 7.95. The second-order valence-corrected chi connectivity index (χ2v) is 2.32. The lowest BCUT2D eigenvalue weighted by Crippen LogP contribution is -2.54. The number of aliphatic imine (C=N–C) groups is 2. The van der Waals surface area contributed by atoms with Crippen LogP contribution in [0.5, 0.6) is 0 Å². The molecule has 0 aromatic heterocycles. The van der Waals surface area contributed by atoms with Crippen LogP contribution in [0, 0.1) is 0 Å². The third kappa shape index (κ3) is 0.647. The van der Waals surface area contributed by atoms with Crippen molar-refractivity contribution < 1.29 is 10.2 Å². The predicted octanol–water partition coefficient (Wildman–Crippen LogP) is -1.93. The van der Waals surface area contributed by atoms with Gasteiger partial charge in [-0.25, -0.2) is 9.98 Å². The quantitative estimate of drug-likeness (QED) is 0.355. The Kier molecular flexibility index (Phi) is 0.972. The Morgan fingerprint density at radius 2 is 1.82 bits per heavy atom. The standard InChI is InChI=1S/C5H6N4O2/c10-4(11)3-8-9-5(4)6-1-2-7-5/h1-3,9-11H. The van der Waals surface area contributed by atoms with E-state index < -0.39 is 11.6 Å². The summed E-state index contributed by atoms with van der Waals surface area (Å²) in [4.78, 5) is 7.47. The molecule has 11 heavy (non-hydrogen) atoms. The first-order valence-electron chi connectivity index (χ1n) is 3.01. The summed E-state index contributed by atoms with van der Waals surface area (Å²) in [5.74, 6) is -3.57. The topological polar surface area (TPSA) is 89.6 Å². The minimum atomic E-state index is -2.13. The second-order valence-electron chi connectivity index (χ2n) is 2.32. The molecule has 0 aliphatic carbocycles. The van der Waals surface area contributed by atoms with Crippen LogP contribution in [-0.4, -0.2) is 40.4 Å². The molecular formula is C5H6N4O2. The predicted molar refractivity (Wildman–Crippen MR) is 38.5 cm³/mol. The average molecular weight is 154 g/mol. The third-order valence-electron chi connectivity index (χ3n) is 1.57. The van der Waals surface area contributed by atoms with Crippen LogP contribution in [0.3, 0.4) is 0 Å². The Bertz CT molecular complexity index is 256. The minimum absolute atomic E-state index is 0.951. The molecule has 6 heteroatoms. The van der Waals surface area contributed by atoms with Gasteiger partial charge in [-0.2, -0.15) is 5.10 Å². The van der Waals surface area contributed by atoms with E-state index in [0.717, 1.165) is 6.21 Å². The summed E-state index contributed by atoms with van der Waals surface area (Å²) in [6, 6.07) is 0. The van der Waals surface area contributed by atoms with Crippen LogP contribution in [0.25, 0.3) is 0 Å². The van der Waals surface area contributed by atoms with Gasteiger partial charge in [0.2, 0.25) is 0 Å². The first-order valence-corrected chi connectivity index (χ1v) is 3.01. The Hall–Kier alpha value is -1.27. The molecule has 2 aliphatic rings. The summed E-state index contributed by atoms with van der Waals surface area (Å²) >= 11 is 0. The normalized spacial score (nSPS) is 28.2. The molecule has 2 aliphatic heterocycles. The zero-order valence-electron chi connectivity index (χ0n) is 5.47. The SMILES string of the molecule is OC1(O)C=NNC12N=CC=N2. The molecule has 0 bridgehead atoms. The van der Waals surface area contributed by atoms with Crippen LogP contribution in [0.2, 0.25) is 0 Å². The molecule has 0 radical (unpaired) electrons. The molecule has 0 aromatic rings. The van der Waals surface area contributed by atoms with Crippen molar-refractivity contribution in [1.29, 1.82) is 0 Å². The molecule has 0 fully saturated rings. The van der Waals surface area contributed by atoms with Gasteiger partial charge in [-0.1, -0.05) is 0 Å². The van der Waals surface area contributed by atoms with E-state index >= 15 is 0 Å². The number of nitrogens with one attached hydrogen (secondary N) is 1. The molecule has 58 valence electrons. The third-order valence-corrected chi connectivity index (χ3v) is 1.57. The van der Waals surface area contributed by atoms with Gasteiger partial charge in [0.15, 0.2) is 0 Å². The fourth-order valence-electron chi connectivity index (χ4n) is 0.948. The van der Waals surface area contributed by atoms with Gasteiger partial charge in [0.05, 0.1) is 6.21 Å².